The number of amides is 1. The number of piperidine rings is 1. The fourth-order valence-corrected chi connectivity index (χ4v) is 2.22. The van der Waals surface area contributed by atoms with E-state index in [4.69, 9.17) is 0 Å². The number of nitrogens with zero attached hydrogens (tertiary/aromatic N) is 2. The molecule has 0 radical (unpaired) electrons. The Labute approximate surface area is 116 Å². The highest BCUT2D eigenvalue weighted by atomic mass is 19.1. The average Bonchev–Trinajstić information content (AvgIpc) is 2.41. The molecule has 1 aromatic carbocycles. The van der Waals surface area contributed by atoms with E-state index >= 15 is 0 Å². The molecule has 0 atom stereocenters. The smallest absolute Gasteiger partial charge is 0.255 e. The third-order valence-corrected chi connectivity index (χ3v) is 3.58. The Morgan fingerprint density at radius 1 is 1.40 bits per heavy atom. The van der Waals surface area contributed by atoms with Gasteiger partial charge in [-0.15, -0.1) is 0 Å². The van der Waals surface area contributed by atoms with Gasteiger partial charge in [0.25, 0.3) is 5.91 Å². The lowest BCUT2D eigenvalue weighted by Crippen LogP contribution is -2.53. The standard InChI is InChI=1S/C14H15F2N3O/c1-19-6-4-14(9-17,5-7-19)18-13(20)11-3-2-10(15)8-12(11)16/h2-3,8H,4-7H2,1H3,(H,18,20). The second-order valence-corrected chi connectivity index (χ2v) is 5.08. The maximum atomic E-state index is 13.6. The van der Waals surface area contributed by atoms with Crippen molar-refractivity contribution in [2.75, 3.05) is 20.1 Å². The lowest BCUT2D eigenvalue weighted by molar-refractivity contribution is 0.0878. The zero-order valence-corrected chi connectivity index (χ0v) is 11.1. The zero-order chi connectivity index (χ0) is 14.8. The van der Waals surface area contributed by atoms with Gasteiger partial charge in [-0.1, -0.05) is 0 Å². The van der Waals surface area contributed by atoms with Crippen molar-refractivity contribution in [2.45, 2.75) is 18.4 Å². The molecule has 1 amide bonds. The molecule has 0 aliphatic carbocycles. The van der Waals surface area contributed by atoms with Crippen molar-refractivity contribution in [3.05, 3.63) is 35.4 Å². The zero-order valence-electron chi connectivity index (χ0n) is 11.1. The molecule has 1 fully saturated rings. The molecule has 1 aliphatic rings. The summed E-state index contributed by atoms with van der Waals surface area (Å²) in [6.07, 6.45) is 0.961. The van der Waals surface area contributed by atoms with Gasteiger partial charge >= 0.3 is 0 Å². The summed E-state index contributed by atoms with van der Waals surface area (Å²) in [6.45, 7) is 1.36. The predicted molar refractivity (Wildman–Crippen MR) is 68.9 cm³/mol. The van der Waals surface area contributed by atoms with E-state index in [-0.39, 0.29) is 5.56 Å². The minimum absolute atomic E-state index is 0.250. The Morgan fingerprint density at radius 3 is 2.60 bits per heavy atom. The van der Waals surface area contributed by atoms with Crippen molar-refractivity contribution in [1.29, 1.82) is 5.26 Å². The molecule has 2 rings (SSSR count). The highest BCUT2D eigenvalue weighted by Gasteiger charge is 2.35. The van der Waals surface area contributed by atoms with Gasteiger partial charge in [-0.3, -0.25) is 4.79 Å². The Kier molecular flexibility index (Phi) is 4.00. The number of carbonyl (C=O) groups is 1. The fourth-order valence-electron chi connectivity index (χ4n) is 2.22. The van der Waals surface area contributed by atoms with Gasteiger partial charge in [-0.2, -0.15) is 5.26 Å². The minimum atomic E-state index is -0.982. The SMILES string of the molecule is CN1CCC(C#N)(NC(=O)c2ccc(F)cc2F)CC1. The van der Waals surface area contributed by atoms with Crippen LogP contribution in [0, 0.1) is 23.0 Å². The van der Waals surface area contributed by atoms with E-state index in [1.165, 1.54) is 0 Å². The van der Waals surface area contributed by atoms with Crippen LogP contribution in [0.2, 0.25) is 0 Å². The molecule has 0 bridgehead atoms. The van der Waals surface area contributed by atoms with E-state index in [9.17, 15) is 18.8 Å². The summed E-state index contributed by atoms with van der Waals surface area (Å²) in [5.74, 6) is -2.36. The first-order chi connectivity index (χ1) is 9.46. The normalized spacial score (nSPS) is 18.3. The summed E-state index contributed by atoms with van der Waals surface area (Å²) in [4.78, 5) is 14.1. The Morgan fingerprint density at radius 2 is 2.05 bits per heavy atom. The topological polar surface area (TPSA) is 56.1 Å². The minimum Gasteiger partial charge on any atom is -0.334 e. The molecule has 0 aromatic heterocycles. The summed E-state index contributed by atoms with van der Waals surface area (Å²) in [6, 6.07) is 4.87. The van der Waals surface area contributed by atoms with E-state index in [1.807, 2.05) is 7.05 Å². The second kappa shape index (κ2) is 5.55. The summed E-state index contributed by atoms with van der Waals surface area (Å²) in [7, 11) is 1.93. The van der Waals surface area contributed by atoms with Crippen molar-refractivity contribution in [3.63, 3.8) is 0 Å². The predicted octanol–water partition coefficient (Wildman–Crippen LogP) is 1.68. The van der Waals surface area contributed by atoms with Crippen LogP contribution in [0.4, 0.5) is 8.78 Å². The lowest BCUT2D eigenvalue weighted by atomic mass is 9.89. The Bertz CT molecular complexity index is 560. The molecule has 0 saturated carbocycles. The van der Waals surface area contributed by atoms with Gasteiger partial charge in [0, 0.05) is 19.2 Å². The van der Waals surface area contributed by atoms with Crippen molar-refractivity contribution >= 4 is 5.91 Å². The van der Waals surface area contributed by atoms with Crippen molar-refractivity contribution in [2.24, 2.45) is 0 Å². The first-order valence-electron chi connectivity index (χ1n) is 6.33. The van der Waals surface area contributed by atoms with E-state index in [0.717, 1.165) is 12.1 Å². The quantitative estimate of drug-likeness (QED) is 0.896. The van der Waals surface area contributed by atoms with Crippen molar-refractivity contribution in [3.8, 4) is 6.07 Å². The number of nitrogens with one attached hydrogen (secondary N) is 1. The number of nitriles is 1. The van der Waals surface area contributed by atoms with Gasteiger partial charge in [-0.05, 0) is 32.0 Å². The van der Waals surface area contributed by atoms with Crippen LogP contribution in [0.25, 0.3) is 0 Å². The molecule has 1 aliphatic heterocycles. The second-order valence-electron chi connectivity index (χ2n) is 5.08. The van der Waals surface area contributed by atoms with E-state index in [2.05, 4.69) is 16.3 Å². The first kappa shape index (κ1) is 14.4. The van der Waals surface area contributed by atoms with Crippen LogP contribution in [-0.4, -0.2) is 36.5 Å². The van der Waals surface area contributed by atoms with Crippen LogP contribution in [0.15, 0.2) is 18.2 Å². The molecule has 20 heavy (non-hydrogen) atoms. The van der Waals surface area contributed by atoms with Crippen molar-refractivity contribution < 1.29 is 13.6 Å². The Hall–Kier alpha value is -2.00. The molecule has 1 saturated heterocycles. The summed E-state index contributed by atoms with van der Waals surface area (Å²) in [5.41, 5.74) is -1.23. The summed E-state index contributed by atoms with van der Waals surface area (Å²) in [5, 5.41) is 11.9. The van der Waals surface area contributed by atoms with Gasteiger partial charge in [0.1, 0.15) is 17.2 Å². The number of rotatable bonds is 2. The monoisotopic (exact) mass is 279 g/mol. The van der Waals surface area contributed by atoms with Gasteiger partial charge in [0.15, 0.2) is 0 Å². The number of likely N-dealkylation sites (tertiary alicyclic amines) is 1. The number of benzene rings is 1. The third-order valence-electron chi connectivity index (χ3n) is 3.58. The molecule has 0 spiro atoms. The van der Waals surface area contributed by atoms with Crippen LogP contribution < -0.4 is 5.32 Å². The molecular formula is C14H15F2N3O. The molecule has 1 N–H and O–H groups in total. The van der Waals surface area contributed by atoms with Gasteiger partial charge in [0.05, 0.1) is 11.6 Å². The largest absolute Gasteiger partial charge is 0.334 e. The fraction of sp³-hybridized carbons (Fsp3) is 0.429. The summed E-state index contributed by atoms with van der Waals surface area (Å²) < 4.78 is 26.4. The van der Waals surface area contributed by atoms with Crippen LogP contribution in [0.5, 0.6) is 0 Å². The lowest BCUT2D eigenvalue weighted by Gasteiger charge is -2.36. The van der Waals surface area contributed by atoms with Gasteiger partial charge in [0.2, 0.25) is 0 Å². The maximum Gasteiger partial charge on any atom is 0.255 e. The maximum absolute atomic E-state index is 13.6. The van der Waals surface area contributed by atoms with E-state index in [0.29, 0.717) is 32.0 Å². The van der Waals surface area contributed by atoms with Gasteiger partial charge in [-0.25, -0.2) is 8.78 Å². The highest BCUT2D eigenvalue weighted by Crippen LogP contribution is 2.22. The van der Waals surface area contributed by atoms with Gasteiger partial charge < -0.3 is 10.2 Å². The highest BCUT2D eigenvalue weighted by molar-refractivity contribution is 5.95. The van der Waals surface area contributed by atoms with Crippen LogP contribution in [0.3, 0.4) is 0 Å². The van der Waals surface area contributed by atoms with Crippen LogP contribution >= 0.6 is 0 Å². The molecule has 1 aromatic rings. The van der Waals surface area contributed by atoms with Crippen molar-refractivity contribution in [1.82, 2.24) is 10.2 Å². The van der Waals surface area contributed by atoms with E-state index in [1.54, 1.807) is 0 Å². The third kappa shape index (κ3) is 2.94. The number of carbonyl (C=O) groups excluding carboxylic acids is 1. The number of halogens is 2. The molecule has 6 heteroatoms. The Balaban J connectivity index is 2.16. The molecule has 1 heterocycles. The summed E-state index contributed by atoms with van der Waals surface area (Å²) >= 11 is 0. The first-order valence-corrected chi connectivity index (χ1v) is 6.33. The molecule has 4 nitrogen and oxygen atoms in total. The van der Waals surface area contributed by atoms with Crippen LogP contribution in [0.1, 0.15) is 23.2 Å². The average molecular weight is 279 g/mol. The molecular weight excluding hydrogens is 264 g/mol. The molecule has 0 unspecified atom stereocenters. The number of hydrogen-bond donors (Lipinski definition) is 1. The molecule has 106 valence electrons. The van der Waals surface area contributed by atoms with Crippen LogP contribution in [-0.2, 0) is 0 Å². The van der Waals surface area contributed by atoms with E-state index < -0.39 is 23.1 Å². The number of hydrogen-bond acceptors (Lipinski definition) is 3.